The molecule has 18 heavy (non-hydrogen) atoms. The number of nitrogens with two attached hydrogens (primary N) is 1. The quantitative estimate of drug-likeness (QED) is 0.887. The Morgan fingerprint density at radius 2 is 2.11 bits per heavy atom. The average molecular weight is 284 g/mol. The monoisotopic (exact) mass is 283 g/mol. The van der Waals surface area contributed by atoms with Gasteiger partial charge in [0.05, 0.1) is 5.02 Å². The van der Waals surface area contributed by atoms with E-state index in [1.54, 1.807) is 23.5 Å². The van der Waals surface area contributed by atoms with E-state index in [4.69, 9.17) is 17.3 Å². The van der Waals surface area contributed by atoms with Crippen LogP contribution in [0.1, 0.15) is 28.3 Å². The van der Waals surface area contributed by atoms with Crippen LogP contribution in [0.25, 0.3) is 0 Å². The predicted octanol–water partition coefficient (Wildman–Crippen LogP) is 4.35. The minimum atomic E-state index is -0.390. The van der Waals surface area contributed by atoms with E-state index in [2.05, 4.69) is 19.1 Å². The van der Waals surface area contributed by atoms with Crippen molar-refractivity contribution >= 4 is 22.9 Å². The molecule has 0 bridgehead atoms. The Kier molecular flexibility index (Phi) is 4.38. The van der Waals surface area contributed by atoms with Gasteiger partial charge < -0.3 is 5.73 Å². The molecule has 0 spiro atoms. The number of hydrogen-bond acceptors (Lipinski definition) is 2. The maximum atomic E-state index is 13.0. The maximum absolute atomic E-state index is 13.0. The lowest BCUT2D eigenvalue weighted by molar-refractivity contribution is 0.626. The largest absolute Gasteiger partial charge is 0.323 e. The first kappa shape index (κ1) is 13.5. The summed E-state index contributed by atoms with van der Waals surface area (Å²) < 4.78 is 13.0. The Labute approximate surface area is 115 Å². The summed E-state index contributed by atoms with van der Waals surface area (Å²) in [6.07, 6.45) is 1.70. The highest BCUT2D eigenvalue weighted by Crippen LogP contribution is 2.26. The van der Waals surface area contributed by atoms with Crippen LogP contribution >= 0.6 is 22.9 Å². The van der Waals surface area contributed by atoms with Crippen LogP contribution < -0.4 is 5.73 Å². The molecule has 0 amide bonds. The average Bonchev–Trinajstić information content (AvgIpc) is 2.82. The predicted molar refractivity (Wildman–Crippen MR) is 75.7 cm³/mol. The summed E-state index contributed by atoms with van der Waals surface area (Å²) in [7, 11) is 0. The third kappa shape index (κ3) is 3.10. The highest BCUT2D eigenvalue weighted by molar-refractivity contribution is 7.12. The topological polar surface area (TPSA) is 26.0 Å². The van der Waals surface area contributed by atoms with Gasteiger partial charge in [-0.05, 0) is 42.7 Å². The van der Waals surface area contributed by atoms with Crippen LogP contribution in [0, 0.1) is 5.82 Å². The van der Waals surface area contributed by atoms with E-state index in [1.807, 2.05) is 0 Å². The van der Waals surface area contributed by atoms with Crippen LogP contribution in [0.3, 0.4) is 0 Å². The molecule has 1 nitrogen and oxygen atoms in total. The molecule has 96 valence electrons. The van der Waals surface area contributed by atoms with Gasteiger partial charge in [0.15, 0.2) is 0 Å². The number of aryl methyl sites for hydroxylation is 1. The number of hydrogen-bond donors (Lipinski definition) is 1. The fraction of sp³-hybridized carbons (Fsp3) is 0.286. The van der Waals surface area contributed by atoms with Crippen molar-refractivity contribution in [3.63, 3.8) is 0 Å². The number of thiophene rings is 1. The lowest BCUT2D eigenvalue weighted by atomic mass is 10.1. The second-order valence-electron chi connectivity index (χ2n) is 4.22. The molecule has 2 N–H and O–H groups in total. The van der Waals surface area contributed by atoms with Crippen molar-refractivity contribution in [3.05, 3.63) is 56.5 Å². The van der Waals surface area contributed by atoms with Crippen LogP contribution in [0.4, 0.5) is 4.39 Å². The van der Waals surface area contributed by atoms with Crippen molar-refractivity contribution in [3.8, 4) is 0 Å². The Bertz CT molecular complexity index is 538. The number of benzene rings is 1. The van der Waals surface area contributed by atoms with Gasteiger partial charge in [-0.3, -0.25) is 0 Å². The molecular formula is C14H15ClFNS. The molecule has 0 fully saturated rings. The summed E-state index contributed by atoms with van der Waals surface area (Å²) in [4.78, 5) is 2.49. The van der Waals surface area contributed by atoms with Crippen LogP contribution in [-0.4, -0.2) is 0 Å². The van der Waals surface area contributed by atoms with Crippen molar-refractivity contribution in [2.24, 2.45) is 5.73 Å². The zero-order valence-electron chi connectivity index (χ0n) is 10.1. The third-order valence-corrected chi connectivity index (χ3v) is 4.49. The lowest BCUT2D eigenvalue weighted by Gasteiger charge is -2.10. The molecule has 0 aliphatic rings. The van der Waals surface area contributed by atoms with E-state index >= 15 is 0 Å². The molecule has 0 saturated carbocycles. The Morgan fingerprint density at radius 3 is 2.72 bits per heavy atom. The van der Waals surface area contributed by atoms with Gasteiger partial charge in [0.1, 0.15) is 5.82 Å². The van der Waals surface area contributed by atoms with Crippen molar-refractivity contribution in [2.45, 2.75) is 25.8 Å². The van der Waals surface area contributed by atoms with Crippen LogP contribution in [0.15, 0.2) is 30.3 Å². The van der Waals surface area contributed by atoms with E-state index in [-0.39, 0.29) is 11.1 Å². The molecule has 1 aromatic carbocycles. The smallest absolute Gasteiger partial charge is 0.141 e. The van der Waals surface area contributed by atoms with E-state index in [0.29, 0.717) is 6.42 Å². The van der Waals surface area contributed by atoms with E-state index in [0.717, 1.165) is 16.9 Å². The SMILES string of the molecule is CCc1ccc(C(N)Cc2ccc(F)c(Cl)c2)s1. The van der Waals surface area contributed by atoms with E-state index < -0.39 is 5.82 Å². The second-order valence-corrected chi connectivity index (χ2v) is 5.82. The summed E-state index contributed by atoms with van der Waals surface area (Å²) >= 11 is 7.49. The second kappa shape index (κ2) is 5.83. The third-order valence-electron chi connectivity index (χ3n) is 2.84. The Hall–Kier alpha value is -0.900. The first-order chi connectivity index (χ1) is 8.60. The summed E-state index contributed by atoms with van der Waals surface area (Å²) in [5, 5.41) is 0.153. The number of rotatable bonds is 4. The van der Waals surface area contributed by atoms with Crippen molar-refractivity contribution in [1.82, 2.24) is 0 Å². The lowest BCUT2D eigenvalue weighted by Crippen LogP contribution is -2.11. The van der Waals surface area contributed by atoms with Crippen LogP contribution in [0.5, 0.6) is 0 Å². The van der Waals surface area contributed by atoms with Crippen LogP contribution in [-0.2, 0) is 12.8 Å². The van der Waals surface area contributed by atoms with Gasteiger partial charge in [-0.1, -0.05) is 24.6 Å². The fourth-order valence-corrected chi connectivity index (χ4v) is 2.96. The highest BCUT2D eigenvalue weighted by atomic mass is 35.5. The minimum Gasteiger partial charge on any atom is -0.323 e. The molecular weight excluding hydrogens is 269 g/mol. The molecule has 1 heterocycles. The Balaban J connectivity index is 2.10. The molecule has 4 heteroatoms. The normalized spacial score (nSPS) is 12.7. The molecule has 2 aromatic rings. The van der Waals surface area contributed by atoms with Crippen LogP contribution in [0.2, 0.25) is 5.02 Å². The zero-order valence-corrected chi connectivity index (χ0v) is 11.7. The molecule has 2 rings (SSSR count). The van der Waals surface area contributed by atoms with Gasteiger partial charge in [-0.2, -0.15) is 0 Å². The molecule has 0 aliphatic heterocycles. The van der Waals surface area contributed by atoms with Gasteiger partial charge in [0.2, 0.25) is 0 Å². The molecule has 0 aliphatic carbocycles. The first-order valence-electron chi connectivity index (χ1n) is 5.88. The molecule has 1 unspecified atom stereocenters. The molecule has 0 saturated heterocycles. The highest BCUT2D eigenvalue weighted by Gasteiger charge is 2.11. The maximum Gasteiger partial charge on any atom is 0.141 e. The van der Waals surface area contributed by atoms with Gasteiger partial charge >= 0.3 is 0 Å². The summed E-state index contributed by atoms with van der Waals surface area (Å²) in [6, 6.07) is 8.88. The van der Waals surface area contributed by atoms with Crippen molar-refractivity contribution in [1.29, 1.82) is 0 Å². The Morgan fingerprint density at radius 1 is 1.33 bits per heavy atom. The van der Waals surface area contributed by atoms with Gasteiger partial charge in [-0.25, -0.2) is 4.39 Å². The van der Waals surface area contributed by atoms with Gasteiger partial charge in [-0.15, -0.1) is 11.3 Å². The summed E-state index contributed by atoms with van der Waals surface area (Å²) in [6.45, 7) is 2.13. The summed E-state index contributed by atoms with van der Waals surface area (Å²) in [5.41, 5.74) is 7.12. The molecule has 1 aromatic heterocycles. The molecule has 1 atom stereocenters. The standard InChI is InChI=1S/C14H15ClFNS/c1-2-10-4-6-14(18-10)13(17)8-9-3-5-12(16)11(15)7-9/h3-7,13H,2,8,17H2,1H3. The zero-order chi connectivity index (χ0) is 13.1. The van der Waals surface area contributed by atoms with Gasteiger partial charge in [0.25, 0.3) is 0 Å². The molecule has 0 radical (unpaired) electrons. The van der Waals surface area contributed by atoms with Crippen molar-refractivity contribution < 1.29 is 4.39 Å². The van der Waals surface area contributed by atoms with E-state index in [9.17, 15) is 4.39 Å². The minimum absolute atomic E-state index is 0.0585. The van der Waals surface area contributed by atoms with Gasteiger partial charge in [0, 0.05) is 15.8 Å². The summed E-state index contributed by atoms with van der Waals surface area (Å²) in [5.74, 6) is -0.390. The first-order valence-corrected chi connectivity index (χ1v) is 7.07. The number of halogens is 2. The fourth-order valence-electron chi connectivity index (χ4n) is 1.80. The van der Waals surface area contributed by atoms with Crippen molar-refractivity contribution in [2.75, 3.05) is 0 Å². The van der Waals surface area contributed by atoms with E-state index in [1.165, 1.54) is 10.9 Å².